The Labute approximate surface area is 121 Å². The minimum atomic E-state index is -0.00407. The predicted molar refractivity (Wildman–Crippen MR) is 79.9 cm³/mol. The number of halogens is 1. The highest BCUT2D eigenvalue weighted by Gasteiger charge is 2.17. The van der Waals surface area contributed by atoms with Crippen molar-refractivity contribution in [2.45, 2.75) is 13.3 Å². The van der Waals surface area contributed by atoms with E-state index in [2.05, 4.69) is 15.9 Å². The number of carbonyl (C=O) groups excluding carboxylic acids is 1. The molecule has 0 fully saturated rings. The standard InChI is InChI=1S/C16H15BrO2/c1-3-11-6-4-5-7-13(11)16(18)14-10-12(17)8-9-15(14)19-2/h4-10H,3H2,1-2H3. The Morgan fingerprint density at radius 2 is 1.89 bits per heavy atom. The first kappa shape index (κ1) is 13.8. The molecule has 0 radical (unpaired) electrons. The topological polar surface area (TPSA) is 26.3 Å². The van der Waals surface area contributed by atoms with Crippen LogP contribution in [0.2, 0.25) is 0 Å². The van der Waals surface area contributed by atoms with Crippen molar-refractivity contribution >= 4 is 21.7 Å². The van der Waals surface area contributed by atoms with E-state index in [1.165, 1.54) is 0 Å². The zero-order chi connectivity index (χ0) is 13.8. The van der Waals surface area contributed by atoms with E-state index >= 15 is 0 Å². The molecule has 2 rings (SSSR count). The van der Waals surface area contributed by atoms with Crippen molar-refractivity contribution in [1.29, 1.82) is 0 Å². The van der Waals surface area contributed by atoms with Crippen LogP contribution >= 0.6 is 15.9 Å². The minimum absolute atomic E-state index is 0.00407. The van der Waals surface area contributed by atoms with Crippen LogP contribution in [-0.4, -0.2) is 12.9 Å². The van der Waals surface area contributed by atoms with E-state index in [1.54, 1.807) is 19.2 Å². The summed E-state index contributed by atoms with van der Waals surface area (Å²) in [7, 11) is 1.58. The summed E-state index contributed by atoms with van der Waals surface area (Å²) in [6.45, 7) is 2.05. The highest BCUT2D eigenvalue weighted by Crippen LogP contribution is 2.26. The summed E-state index contributed by atoms with van der Waals surface area (Å²) >= 11 is 3.39. The van der Waals surface area contributed by atoms with Crippen molar-refractivity contribution in [2.75, 3.05) is 7.11 Å². The molecule has 3 heteroatoms. The zero-order valence-electron chi connectivity index (χ0n) is 10.9. The molecule has 0 aliphatic rings. The van der Waals surface area contributed by atoms with Crippen LogP contribution in [0.1, 0.15) is 28.4 Å². The summed E-state index contributed by atoms with van der Waals surface area (Å²) in [5.41, 5.74) is 2.37. The van der Waals surface area contributed by atoms with Crippen LogP contribution in [0.3, 0.4) is 0 Å². The molecule has 0 aliphatic carbocycles. The second kappa shape index (κ2) is 6.02. The molecule has 0 atom stereocenters. The molecule has 0 N–H and O–H groups in total. The van der Waals surface area contributed by atoms with E-state index in [-0.39, 0.29) is 5.78 Å². The predicted octanol–water partition coefficient (Wildman–Crippen LogP) is 4.25. The molecule has 0 spiro atoms. The fourth-order valence-corrected chi connectivity index (χ4v) is 2.41. The van der Waals surface area contributed by atoms with Gasteiger partial charge in [0.25, 0.3) is 0 Å². The molecule has 0 saturated heterocycles. The molecule has 0 unspecified atom stereocenters. The van der Waals surface area contributed by atoms with Crippen LogP contribution in [0, 0.1) is 0 Å². The third-order valence-electron chi connectivity index (χ3n) is 3.05. The van der Waals surface area contributed by atoms with Gasteiger partial charge in [0.05, 0.1) is 12.7 Å². The summed E-state index contributed by atoms with van der Waals surface area (Å²) in [5.74, 6) is 0.592. The molecule has 0 aliphatic heterocycles. The van der Waals surface area contributed by atoms with Gasteiger partial charge in [0.1, 0.15) is 5.75 Å². The van der Waals surface area contributed by atoms with Crippen molar-refractivity contribution in [2.24, 2.45) is 0 Å². The summed E-state index contributed by atoms with van der Waals surface area (Å²) in [4.78, 5) is 12.7. The van der Waals surface area contributed by atoms with Gasteiger partial charge in [0.2, 0.25) is 0 Å². The van der Waals surface area contributed by atoms with Crippen molar-refractivity contribution < 1.29 is 9.53 Å². The van der Waals surface area contributed by atoms with Gasteiger partial charge in [-0.05, 0) is 30.2 Å². The summed E-state index contributed by atoms with van der Waals surface area (Å²) < 4.78 is 6.14. The molecular weight excluding hydrogens is 304 g/mol. The number of hydrogen-bond acceptors (Lipinski definition) is 2. The Hall–Kier alpha value is -1.61. The Morgan fingerprint density at radius 1 is 1.16 bits per heavy atom. The Kier molecular flexibility index (Phi) is 4.38. The minimum Gasteiger partial charge on any atom is -0.496 e. The Balaban J connectivity index is 2.52. The Bertz CT molecular complexity index is 605. The molecule has 98 valence electrons. The molecule has 0 bridgehead atoms. The van der Waals surface area contributed by atoms with Crippen molar-refractivity contribution in [3.8, 4) is 5.75 Å². The second-order valence-corrected chi connectivity index (χ2v) is 5.10. The van der Waals surface area contributed by atoms with Crippen LogP contribution in [0.15, 0.2) is 46.9 Å². The fourth-order valence-electron chi connectivity index (χ4n) is 2.05. The summed E-state index contributed by atoms with van der Waals surface area (Å²) in [5, 5.41) is 0. The van der Waals surface area contributed by atoms with Gasteiger partial charge in [-0.15, -0.1) is 0 Å². The quantitative estimate of drug-likeness (QED) is 0.788. The van der Waals surface area contributed by atoms with E-state index < -0.39 is 0 Å². The van der Waals surface area contributed by atoms with Crippen molar-refractivity contribution in [3.05, 3.63) is 63.6 Å². The van der Waals surface area contributed by atoms with Crippen LogP contribution < -0.4 is 4.74 Å². The van der Waals surface area contributed by atoms with Gasteiger partial charge in [-0.3, -0.25) is 4.79 Å². The van der Waals surface area contributed by atoms with E-state index in [1.807, 2.05) is 37.3 Å². The molecule has 0 aromatic heterocycles. The van der Waals surface area contributed by atoms with Gasteiger partial charge in [-0.2, -0.15) is 0 Å². The maximum atomic E-state index is 12.7. The average molecular weight is 319 g/mol. The first-order chi connectivity index (χ1) is 9.17. The third kappa shape index (κ3) is 2.87. The number of hydrogen-bond donors (Lipinski definition) is 0. The maximum Gasteiger partial charge on any atom is 0.197 e. The van der Waals surface area contributed by atoms with Gasteiger partial charge < -0.3 is 4.74 Å². The number of ether oxygens (including phenoxy) is 1. The second-order valence-electron chi connectivity index (χ2n) is 4.18. The van der Waals surface area contributed by atoms with E-state index in [0.717, 1.165) is 22.0 Å². The number of carbonyl (C=O) groups is 1. The van der Waals surface area contributed by atoms with Gasteiger partial charge in [-0.25, -0.2) is 0 Å². The first-order valence-electron chi connectivity index (χ1n) is 6.13. The molecule has 2 nitrogen and oxygen atoms in total. The Morgan fingerprint density at radius 3 is 2.58 bits per heavy atom. The maximum absolute atomic E-state index is 12.7. The lowest BCUT2D eigenvalue weighted by Gasteiger charge is -2.10. The lowest BCUT2D eigenvalue weighted by Crippen LogP contribution is -2.07. The summed E-state index contributed by atoms with van der Waals surface area (Å²) in [6, 6.07) is 13.1. The van der Waals surface area contributed by atoms with E-state index in [4.69, 9.17) is 4.74 Å². The lowest BCUT2D eigenvalue weighted by atomic mass is 9.96. The number of rotatable bonds is 4. The monoisotopic (exact) mass is 318 g/mol. The highest BCUT2D eigenvalue weighted by atomic mass is 79.9. The van der Waals surface area contributed by atoms with Crippen LogP contribution in [-0.2, 0) is 6.42 Å². The van der Waals surface area contributed by atoms with E-state index in [9.17, 15) is 4.79 Å². The molecular formula is C16H15BrO2. The SMILES string of the molecule is CCc1ccccc1C(=O)c1cc(Br)ccc1OC. The van der Waals surface area contributed by atoms with Crippen molar-refractivity contribution in [1.82, 2.24) is 0 Å². The van der Waals surface area contributed by atoms with Crippen molar-refractivity contribution in [3.63, 3.8) is 0 Å². The molecule has 2 aromatic carbocycles. The van der Waals surface area contributed by atoms with Crippen LogP contribution in [0.25, 0.3) is 0 Å². The molecule has 0 heterocycles. The third-order valence-corrected chi connectivity index (χ3v) is 3.54. The fraction of sp³-hybridized carbons (Fsp3) is 0.188. The smallest absolute Gasteiger partial charge is 0.197 e. The number of ketones is 1. The van der Waals surface area contributed by atoms with Gasteiger partial charge in [-0.1, -0.05) is 47.1 Å². The molecule has 0 saturated carbocycles. The number of methoxy groups -OCH3 is 1. The zero-order valence-corrected chi connectivity index (χ0v) is 12.5. The molecule has 2 aromatic rings. The molecule has 0 amide bonds. The summed E-state index contributed by atoms with van der Waals surface area (Å²) in [6.07, 6.45) is 0.832. The van der Waals surface area contributed by atoms with Gasteiger partial charge in [0, 0.05) is 10.0 Å². The highest BCUT2D eigenvalue weighted by molar-refractivity contribution is 9.10. The first-order valence-corrected chi connectivity index (χ1v) is 6.92. The lowest BCUT2D eigenvalue weighted by molar-refractivity contribution is 0.103. The largest absolute Gasteiger partial charge is 0.496 e. The van der Waals surface area contributed by atoms with Gasteiger partial charge in [0.15, 0.2) is 5.78 Å². The number of aryl methyl sites for hydroxylation is 1. The van der Waals surface area contributed by atoms with Crippen LogP contribution in [0.4, 0.5) is 0 Å². The average Bonchev–Trinajstić information content (AvgIpc) is 2.46. The molecule has 19 heavy (non-hydrogen) atoms. The normalized spacial score (nSPS) is 10.3. The van der Waals surface area contributed by atoms with Gasteiger partial charge >= 0.3 is 0 Å². The van der Waals surface area contributed by atoms with Crippen LogP contribution in [0.5, 0.6) is 5.75 Å². The van der Waals surface area contributed by atoms with E-state index in [0.29, 0.717) is 11.3 Å². The number of benzene rings is 2.